The molecule has 0 amide bonds. The Kier molecular flexibility index (Phi) is 7.82. The maximum Gasteiger partial charge on any atom is 0.251 e. The minimum Gasteiger partial charge on any atom is -0.356 e. The number of likely N-dealkylation sites (tertiary alicyclic amines) is 1. The Labute approximate surface area is 156 Å². The summed E-state index contributed by atoms with van der Waals surface area (Å²) in [6.45, 7) is 6.59. The van der Waals surface area contributed by atoms with Crippen molar-refractivity contribution in [2.75, 3.05) is 33.2 Å². The van der Waals surface area contributed by atoms with E-state index in [1.54, 1.807) is 7.05 Å². The van der Waals surface area contributed by atoms with Crippen molar-refractivity contribution >= 4 is 5.96 Å². The van der Waals surface area contributed by atoms with Crippen LogP contribution < -0.4 is 10.6 Å². The van der Waals surface area contributed by atoms with E-state index in [-0.39, 0.29) is 18.0 Å². The summed E-state index contributed by atoms with van der Waals surface area (Å²) in [6, 6.07) is 10.8. The second-order valence-corrected chi connectivity index (χ2v) is 7.86. The minimum atomic E-state index is -2.25. The van der Waals surface area contributed by atoms with E-state index in [2.05, 4.69) is 53.7 Å². The molecule has 4 nitrogen and oxygen atoms in total. The summed E-state index contributed by atoms with van der Waals surface area (Å²) in [7, 11) is 1.77. The molecule has 1 fully saturated rings. The molecule has 0 aliphatic carbocycles. The van der Waals surface area contributed by atoms with E-state index in [1.807, 2.05) is 11.0 Å². The van der Waals surface area contributed by atoms with Gasteiger partial charge in [-0.15, -0.1) is 0 Å². The molecule has 0 atom stereocenters. The zero-order chi connectivity index (χ0) is 19.0. The Morgan fingerprint density at radius 3 is 2.46 bits per heavy atom. The minimum absolute atomic E-state index is 0.0968. The number of aliphatic imine (C=N–C) groups is 1. The second-order valence-electron chi connectivity index (χ2n) is 7.86. The molecule has 2 N–H and O–H groups in total. The Hall–Kier alpha value is -1.69. The van der Waals surface area contributed by atoms with E-state index >= 15 is 0 Å². The van der Waals surface area contributed by atoms with Crippen molar-refractivity contribution in [2.24, 2.45) is 10.4 Å². The van der Waals surface area contributed by atoms with Crippen molar-refractivity contribution < 1.29 is 8.78 Å². The molecule has 0 bridgehead atoms. The van der Waals surface area contributed by atoms with Gasteiger partial charge in [-0.2, -0.15) is 0 Å². The number of piperidine rings is 1. The predicted octanol–water partition coefficient (Wildman–Crippen LogP) is 3.15. The third-order valence-corrected chi connectivity index (χ3v) is 4.81. The maximum atomic E-state index is 12.5. The highest BCUT2D eigenvalue weighted by molar-refractivity contribution is 5.80. The van der Waals surface area contributed by atoms with Crippen molar-refractivity contribution in [1.82, 2.24) is 15.5 Å². The first-order chi connectivity index (χ1) is 12.4. The summed E-state index contributed by atoms with van der Waals surface area (Å²) in [6.07, 6.45) is 0.465. The number of nitrogens with zero attached hydrogens (tertiary/aromatic N) is 2. The van der Waals surface area contributed by atoms with E-state index in [0.717, 1.165) is 31.8 Å². The van der Waals surface area contributed by atoms with Gasteiger partial charge in [-0.25, -0.2) is 8.78 Å². The number of rotatable bonds is 7. The van der Waals surface area contributed by atoms with E-state index in [0.29, 0.717) is 13.1 Å². The van der Waals surface area contributed by atoms with E-state index in [4.69, 9.17) is 0 Å². The van der Waals surface area contributed by atoms with Gasteiger partial charge < -0.3 is 10.6 Å². The van der Waals surface area contributed by atoms with Gasteiger partial charge in [0.2, 0.25) is 0 Å². The highest BCUT2D eigenvalue weighted by atomic mass is 19.3. The van der Waals surface area contributed by atoms with Crippen LogP contribution in [0.15, 0.2) is 35.3 Å². The van der Waals surface area contributed by atoms with E-state index in [9.17, 15) is 8.78 Å². The highest BCUT2D eigenvalue weighted by Crippen LogP contribution is 2.20. The zero-order valence-electron chi connectivity index (χ0n) is 16.1. The molecule has 1 aromatic rings. The molecule has 1 aromatic carbocycles. The summed E-state index contributed by atoms with van der Waals surface area (Å²) < 4.78 is 24.9. The summed E-state index contributed by atoms with van der Waals surface area (Å²) >= 11 is 0. The van der Waals surface area contributed by atoms with Gasteiger partial charge in [0.05, 0.1) is 6.54 Å². The first kappa shape index (κ1) is 20.6. The molecule has 1 saturated heterocycles. The van der Waals surface area contributed by atoms with Crippen molar-refractivity contribution in [3.8, 4) is 0 Å². The molecular weight excluding hydrogens is 334 g/mol. The number of nitrogens with one attached hydrogen (secondary N) is 2. The monoisotopic (exact) mass is 366 g/mol. The molecule has 0 saturated carbocycles. The van der Waals surface area contributed by atoms with Gasteiger partial charge in [0.25, 0.3) is 6.43 Å². The Morgan fingerprint density at radius 2 is 1.88 bits per heavy atom. The van der Waals surface area contributed by atoms with Crippen LogP contribution in [-0.2, 0) is 6.42 Å². The van der Waals surface area contributed by atoms with Crippen molar-refractivity contribution in [1.29, 1.82) is 0 Å². The third kappa shape index (κ3) is 7.28. The van der Waals surface area contributed by atoms with Gasteiger partial charge in [0, 0.05) is 32.7 Å². The van der Waals surface area contributed by atoms with Gasteiger partial charge in [0.15, 0.2) is 5.96 Å². The molecule has 2 rings (SSSR count). The fourth-order valence-corrected chi connectivity index (χ4v) is 3.38. The maximum absolute atomic E-state index is 12.5. The summed E-state index contributed by atoms with van der Waals surface area (Å²) in [5.74, 6) is 0.790. The number of alkyl halides is 2. The van der Waals surface area contributed by atoms with Crippen molar-refractivity contribution in [2.45, 2.75) is 45.6 Å². The van der Waals surface area contributed by atoms with Gasteiger partial charge in [-0.05, 0) is 30.2 Å². The normalized spacial score (nSPS) is 17.5. The standard InChI is InChI=1S/C20H32F2N4/c1-20(2,13-16-7-5-4-6-8-16)15-24-19(23-3)25-17-9-11-26(12-10-17)14-18(21)22/h4-8,17-18H,9-15H2,1-3H3,(H2,23,24,25). The van der Waals surface area contributed by atoms with Gasteiger partial charge >= 0.3 is 0 Å². The van der Waals surface area contributed by atoms with Crippen LogP contribution in [0.3, 0.4) is 0 Å². The fraction of sp³-hybridized carbons (Fsp3) is 0.650. The largest absolute Gasteiger partial charge is 0.356 e. The van der Waals surface area contributed by atoms with Crippen LogP contribution in [-0.4, -0.2) is 56.6 Å². The zero-order valence-corrected chi connectivity index (χ0v) is 16.1. The molecule has 26 heavy (non-hydrogen) atoms. The SMILES string of the molecule is CN=C(NCC(C)(C)Cc1ccccc1)NC1CCN(CC(F)F)CC1. The first-order valence-corrected chi connectivity index (χ1v) is 9.39. The van der Waals surface area contributed by atoms with E-state index < -0.39 is 6.43 Å². The lowest BCUT2D eigenvalue weighted by Gasteiger charge is -2.33. The Bertz CT molecular complexity index is 552. The van der Waals surface area contributed by atoms with Crippen LogP contribution in [0.4, 0.5) is 8.78 Å². The summed E-state index contributed by atoms with van der Waals surface area (Å²) in [4.78, 5) is 6.16. The smallest absolute Gasteiger partial charge is 0.251 e. The lowest BCUT2D eigenvalue weighted by Crippen LogP contribution is -2.50. The first-order valence-electron chi connectivity index (χ1n) is 9.39. The molecule has 1 heterocycles. The summed E-state index contributed by atoms with van der Waals surface area (Å²) in [5.41, 5.74) is 1.42. The van der Waals surface area contributed by atoms with Crippen molar-refractivity contribution in [3.63, 3.8) is 0 Å². The van der Waals surface area contributed by atoms with Gasteiger partial charge in [-0.1, -0.05) is 44.2 Å². The average Bonchev–Trinajstić information content (AvgIpc) is 2.60. The number of halogens is 2. The molecule has 1 aliphatic rings. The highest BCUT2D eigenvalue weighted by Gasteiger charge is 2.23. The lowest BCUT2D eigenvalue weighted by molar-refractivity contribution is 0.0744. The van der Waals surface area contributed by atoms with Crippen LogP contribution in [0.2, 0.25) is 0 Å². The Balaban J connectivity index is 1.75. The second kappa shape index (κ2) is 9.86. The summed E-state index contributed by atoms with van der Waals surface area (Å²) in [5, 5.41) is 6.87. The van der Waals surface area contributed by atoms with Crippen LogP contribution >= 0.6 is 0 Å². The van der Waals surface area contributed by atoms with Crippen LogP contribution in [0.5, 0.6) is 0 Å². The van der Waals surface area contributed by atoms with E-state index in [1.165, 1.54) is 5.56 Å². The van der Waals surface area contributed by atoms with Gasteiger partial charge in [-0.3, -0.25) is 9.89 Å². The topological polar surface area (TPSA) is 39.7 Å². The quantitative estimate of drug-likeness (QED) is 0.575. The Morgan fingerprint density at radius 1 is 1.23 bits per heavy atom. The molecule has 0 radical (unpaired) electrons. The molecule has 146 valence electrons. The number of benzene rings is 1. The van der Waals surface area contributed by atoms with Crippen LogP contribution in [0, 0.1) is 5.41 Å². The number of hydrogen-bond donors (Lipinski definition) is 2. The van der Waals surface area contributed by atoms with Crippen molar-refractivity contribution in [3.05, 3.63) is 35.9 Å². The van der Waals surface area contributed by atoms with Crippen LogP contribution in [0.25, 0.3) is 0 Å². The predicted molar refractivity (Wildman–Crippen MR) is 104 cm³/mol. The molecule has 6 heteroatoms. The average molecular weight is 367 g/mol. The van der Waals surface area contributed by atoms with Gasteiger partial charge in [0.1, 0.15) is 0 Å². The molecule has 0 spiro atoms. The molecule has 1 aliphatic heterocycles. The number of guanidine groups is 1. The third-order valence-electron chi connectivity index (χ3n) is 4.81. The molecule has 0 aromatic heterocycles. The molecule has 0 unspecified atom stereocenters. The number of hydrogen-bond acceptors (Lipinski definition) is 2. The lowest BCUT2D eigenvalue weighted by atomic mass is 9.86. The fourth-order valence-electron chi connectivity index (χ4n) is 3.38. The van der Waals surface area contributed by atoms with Crippen LogP contribution in [0.1, 0.15) is 32.3 Å². The molecular formula is C20H32F2N4.